The van der Waals surface area contributed by atoms with Gasteiger partial charge in [0.15, 0.2) is 0 Å². The van der Waals surface area contributed by atoms with Crippen molar-refractivity contribution in [3.8, 4) is 0 Å². The van der Waals surface area contributed by atoms with Crippen molar-refractivity contribution in [3.05, 3.63) is 0 Å². The predicted octanol–water partition coefficient (Wildman–Crippen LogP) is 1.25. The Hall–Kier alpha value is -0.650. The zero-order valence-electron chi connectivity index (χ0n) is 14.1. The van der Waals surface area contributed by atoms with Gasteiger partial charge in [-0.1, -0.05) is 0 Å². The summed E-state index contributed by atoms with van der Waals surface area (Å²) < 4.78 is 5.82. The molecule has 0 unspecified atom stereocenters. The van der Waals surface area contributed by atoms with Gasteiger partial charge in [-0.3, -0.25) is 9.69 Å². The smallest absolute Gasteiger partial charge is 0.240 e. The maximum atomic E-state index is 12.5. The lowest BCUT2D eigenvalue weighted by molar-refractivity contribution is -0.211. The molecule has 3 rings (SSSR count). The largest absolute Gasteiger partial charge is 0.392 e. The van der Waals surface area contributed by atoms with Crippen LogP contribution in [0.1, 0.15) is 46.5 Å². The molecule has 3 atom stereocenters. The second kappa shape index (κ2) is 6.10. The van der Waals surface area contributed by atoms with Crippen molar-refractivity contribution in [3.63, 3.8) is 0 Å². The second-order valence-corrected chi connectivity index (χ2v) is 7.39. The molecule has 2 saturated heterocycles. The number of nitrogens with zero attached hydrogens (tertiary/aromatic N) is 2. The first-order valence-electron chi connectivity index (χ1n) is 8.84. The Balaban J connectivity index is 1.59. The van der Waals surface area contributed by atoms with E-state index in [1.807, 2.05) is 11.8 Å². The summed E-state index contributed by atoms with van der Waals surface area (Å²) in [6.45, 7) is 9.60. The Bertz CT molecular complexity index is 416. The highest BCUT2D eigenvalue weighted by atomic mass is 16.5. The summed E-state index contributed by atoms with van der Waals surface area (Å²) in [4.78, 5) is 16.9. The summed E-state index contributed by atoms with van der Waals surface area (Å²) in [5.74, 6) is 0.293. The fourth-order valence-electron chi connectivity index (χ4n) is 4.61. The summed E-state index contributed by atoms with van der Waals surface area (Å²) in [5, 5.41) is 10.3. The number of hydrogen-bond donors (Lipinski definition) is 1. The number of amides is 1. The van der Waals surface area contributed by atoms with Crippen LogP contribution in [0.15, 0.2) is 0 Å². The average Bonchev–Trinajstić information content (AvgIpc) is 2.89. The van der Waals surface area contributed by atoms with E-state index in [1.54, 1.807) is 0 Å². The molecule has 0 radical (unpaired) electrons. The topological polar surface area (TPSA) is 53.0 Å². The van der Waals surface area contributed by atoms with Crippen LogP contribution in [0.5, 0.6) is 0 Å². The summed E-state index contributed by atoms with van der Waals surface area (Å²) in [7, 11) is 0. The van der Waals surface area contributed by atoms with Crippen molar-refractivity contribution in [1.29, 1.82) is 0 Å². The van der Waals surface area contributed by atoms with Gasteiger partial charge in [-0.05, 0) is 53.1 Å². The minimum atomic E-state index is -0.224. The minimum Gasteiger partial charge on any atom is -0.392 e. The van der Waals surface area contributed by atoms with Gasteiger partial charge in [0, 0.05) is 31.0 Å². The normalized spacial score (nSPS) is 35.4. The number of carbonyl (C=O) groups excluding carboxylic acids is 1. The molecule has 2 aliphatic heterocycles. The van der Waals surface area contributed by atoms with Gasteiger partial charge in [0.25, 0.3) is 0 Å². The van der Waals surface area contributed by atoms with Crippen LogP contribution < -0.4 is 0 Å². The standard InChI is InChI=1S/C17H30N2O3/c1-4-22-15-11-14(20)17(15)6-9-18(10-7-17)13-5-8-19(12(2)3)16(13)21/h12-15,20H,4-11H2,1-3H3/t13-,14-,15-/m1/s1. The molecule has 1 aliphatic carbocycles. The van der Waals surface area contributed by atoms with E-state index in [4.69, 9.17) is 4.74 Å². The molecule has 126 valence electrons. The first-order chi connectivity index (χ1) is 10.5. The maximum Gasteiger partial charge on any atom is 0.240 e. The van der Waals surface area contributed by atoms with Crippen LogP contribution in [0.3, 0.4) is 0 Å². The first-order valence-corrected chi connectivity index (χ1v) is 8.84. The third kappa shape index (κ3) is 2.47. The minimum absolute atomic E-state index is 0.0497. The molecule has 0 aromatic rings. The van der Waals surface area contributed by atoms with Crippen LogP contribution in [-0.4, -0.2) is 71.3 Å². The fraction of sp³-hybridized carbons (Fsp3) is 0.941. The number of aliphatic hydroxyl groups is 1. The van der Waals surface area contributed by atoms with Crippen molar-refractivity contribution in [2.45, 2.75) is 70.7 Å². The second-order valence-electron chi connectivity index (χ2n) is 7.39. The monoisotopic (exact) mass is 310 g/mol. The Kier molecular flexibility index (Phi) is 4.49. The van der Waals surface area contributed by atoms with Gasteiger partial charge in [0.1, 0.15) is 0 Å². The van der Waals surface area contributed by atoms with E-state index in [1.165, 1.54) is 0 Å². The zero-order chi connectivity index (χ0) is 15.9. The molecule has 5 nitrogen and oxygen atoms in total. The van der Waals surface area contributed by atoms with E-state index in [0.29, 0.717) is 18.6 Å². The van der Waals surface area contributed by atoms with Gasteiger partial charge in [-0.2, -0.15) is 0 Å². The van der Waals surface area contributed by atoms with Crippen molar-refractivity contribution in [2.24, 2.45) is 5.41 Å². The quantitative estimate of drug-likeness (QED) is 0.849. The van der Waals surface area contributed by atoms with E-state index >= 15 is 0 Å². The molecule has 3 aliphatic rings. The van der Waals surface area contributed by atoms with Crippen LogP contribution in [0, 0.1) is 5.41 Å². The molecule has 3 fully saturated rings. The van der Waals surface area contributed by atoms with Gasteiger partial charge in [-0.25, -0.2) is 0 Å². The molecular weight excluding hydrogens is 280 g/mol. The molecule has 0 aromatic carbocycles. The number of piperidine rings is 1. The number of aliphatic hydroxyl groups excluding tert-OH is 1. The summed E-state index contributed by atoms with van der Waals surface area (Å²) >= 11 is 0. The highest BCUT2D eigenvalue weighted by Gasteiger charge is 2.56. The Morgan fingerprint density at radius 3 is 2.50 bits per heavy atom. The van der Waals surface area contributed by atoms with Crippen LogP contribution in [-0.2, 0) is 9.53 Å². The zero-order valence-corrected chi connectivity index (χ0v) is 14.1. The Morgan fingerprint density at radius 1 is 1.32 bits per heavy atom. The third-order valence-electron chi connectivity index (χ3n) is 6.11. The molecule has 22 heavy (non-hydrogen) atoms. The summed E-state index contributed by atoms with van der Waals surface area (Å²) in [6, 6.07) is 0.354. The Morgan fingerprint density at radius 2 is 2.00 bits per heavy atom. The maximum absolute atomic E-state index is 12.5. The SMILES string of the molecule is CCO[C@@H]1C[C@@H](O)C12CCN([C@@H]1CCN(C(C)C)C1=O)CC2. The van der Waals surface area contributed by atoms with Gasteiger partial charge in [-0.15, -0.1) is 0 Å². The van der Waals surface area contributed by atoms with Crippen molar-refractivity contribution < 1.29 is 14.6 Å². The number of carbonyl (C=O) groups is 1. The van der Waals surface area contributed by atoms with Crippen molar-refractivity contribution in [1.82, 2.24) is 9.80 Å². The Labute approximate surface area is 133 Å². The number of hydrogen-bond acceptors (Lipinski definition) is 4. The lowest BCUT2D eigenvalue weighted by Crippen LogP contribution is -2.63. The molecule has 1 spiro atoms. The summed E-state index contributed by atoms with van der Waals surface area (Å²) in [6.07, 6.45) is 3.60. The van der Waals surface area contributed by atoms with Crippen molar-refractivity contribution in [2.75, 3.05) is 26.2 Å². The molecule has 1 saturated carbocycles. The van der Waals surface area contributed by atoms with Crippen LogP contribution in [0.25, 0.3) is 0 Å². The van der Waals surface area contributed by atoms with E-state index < -0.39 is 0 Å². The van der Waals surface area contributed by atoms with Crippen LogP contribution in [0.4, 0.5) is 0 Å². The summed E-state index contributed by atoms with van der Waals surface area (Å²) in [5.41, 5.74) is -0.0497. The van der Waals surface area contributed by atoms with E-state index in [0.717, 1.165) is 45.3 Å². The number of rotatable bonds is 4. The molecule has 0 bridgehead atoms. The molecule has 5 heteroatoms. The average molecular weight is 310 g/mol. The van der Waals surface area contributed by atoms with Crippen LogP contribution >= 0.6 is 0 Å². The number of likely N-dealkylation sites (tertiary alicyclic amines) is 2. The van der Waals surface area contributed by atoms with Gasteiger partial charge in [0.05, 0.1) is 18.2 Å². The number of ether oxygens (including phenoxy) is 1. The van der Waals surface area contributed by atoms with Gasteiger partial charge >= 0.3 is 0 Å². The third-order valence-corrected chi connectivity index (χ3v) is 6.11. The molecule has 0 aromatic heterocycles. The van der Waals surface area contributed by atoms with Crippen molar-refractivity contribution >= 4 is 5.91 Å². The molecule has 2 heterocycles. The van der Waals surface area contributed by atoms with E-state index in [2.05, 4.69) is 18.7 Å². The van der Waals surface area contributed by atoms with E-state index in [9.17, 15) is 9.90 Å². The molecular formula is C17H30N2O3. The fourth-order valence-corrected chi connectivity index (χ4v) is 4.61. The van der Waals surface area contributed by atoms with E-state index in [-0.39, 0.29) is 23.7 Å². The molecule has 1 amide bonds. The van der Waals surface area contributed by atoms with Crippen LogP contribution in [0.2, 0.25) is 0 Å². The molecule has 1 N–H and O–H groups in total. The highest BCUT2D eigenvalue weighted by molar-refractivity contribution is 5.84. The predicted molar refractivity (Wildman–Crippen MR) is 84.5 cm³/mol. The van der Waals surface area contributed by atoms with Gasteiger partial charge < -0.3 is 14.7 Å². The lowest BCUT2D eigenvalue weighted by Gasteiger charge is -2.57. The first kappa shape index (κ1) is 16.2. The highest BCUT2D eigenvalue weighted by Crippen LogP contribution is 2.51. The lowest BCUT2D eigenvalue weighted by atomic mass is 9.58. The van der Waals surface area contributed by atoms with Gasteiger partial charge in [0.2, 0.25) is 5.91 Å².